The van der Waals surface area contributed by atoms with E-state index in [9.17, 15) is 0 Å². The second kappa shape index (κ2) is 3.88. The molecule has 0 aromatic heterocycles. The lowest BCUT2D eigenvalue weighted by atomic mass is 10.0. The van der Waals surface area contributed by atoms with E-state index >= 15 is 0 Å². The second-order valence-corrected chi connectivity index (χ2v) is 2.66. The van der Waals surface area contributed by atoms with Crippen molar-refractivity contribution >= 4 is 0 Å². The van der Waals surface area contributed by atoms with Crippen molar-refractivity contribution in [1.29, 1.82) is 0 Å². The molecule has 1 aliphatic rings. The van der Waals surface area contributed by atoms with Gasteiger partial charge in [-0.2, -0.15) is 5.53 Å². The number of nitrogens with one attached hydrogen (secondary N) is 3. The van der Waals surface area contributed by atoms with Gasteiger partial charge in [-0.05, 0) is 12.8 Å². The summed E-state index contributed by atoms with van der Waals surface area (Å²) in [5, 5.41) is 0. The van der Waals surface area contributed by atoms with Gasteiger partial charge in [0.1, 0.15) is 0 Å². The van der Waals surface area contributed by atoms with Crippen molar-refractivity contribution in [1.82, 2.24) is 16.4 Å². The second-order valence-electron chi connectivity index (χ2n) is 2.66. The first kappa shape index (κ1) is 7.94. The van der Waals surface area contributed by atoms with Crippen LogP contribution >= 0.6 is 0 Å². The molecule has 4 heteroatoms. The summed E-state index contributed by atoms with van der Waals surface area (Å²) in [7, 11) is 0. The Bertz CT molecular complexity index is 89.7. The highest BCUT2D eigenvalue weighted by atomic mass is 15.6. The van der Waals surface area contributed by atoms with Crippen molar-refractivity contribution in [2.45, 2.75) is 31.8 Å². The third-order valence-electron chi connectivity index (χ3n) is 1.91. The molecule has 0 radical (unpaired) electrons. The SMILES string of the molecule is CCC(N)C1CCNNN1. The van der Waals surface area contributed by atoms with Gasteiger partial charge in [-0.25, -0.2) is 10.9 Å². The maximum Gasteiger partial charge on any atom is 0.0389 e. The van der Waals surface area contributed by atoms with Crippen molar-refractivity contribution in [3.8, 4) is 0 Å². The van der Waals surface area contributed by atoms with Crippen LogP contribution in [0.5, 0.6) is 0 Å². The number of hydrogen-bond donors (Lipinski definition) is 4. The van der Waals surface area contributed by atoms with E-state index < -0.39 is 0 Å². The van der Waals surface area contributed by atoms with Crippen molar-refractivity contribution in [3.05, 3.63) is 0 Å². The Kier molecular flexibility index (Phi) is 3.08. The summed E-state index contributed by atoms with van der Waals surface area (Å²) in [5.74, 6) is 0. The predicted octanol–water partition coefficient (Wildman–Crippen LogP) is -0.905. The Hall–Kier alpha value is -0.160. The van der Waals surface area contributed by atoms with E-state index in [1.165, 1.54) is 0 Å². The van der Waals surface area contributed by atoms with Gasteiger partial charge in [-0.15, -0.1) is 0 Å². The molecule has 0 spiro atoms. The zero-order valence-electron chi connectivity index (χ0n) is 6.35. The van der Waals surface area contributed by atoms with E-state index in [1.807, 2.05) is 0 Å². The number of hydrogen-bond acceptors (Lipinski definition) is 4. The molecule has 1 heterocycles. The zero-order chi connectivity index (χ0) is 7.40. The standard InChI is InChI=1S/C6H16N4/c1-2-5(7)6-3-4-8-10-9-6/h5-6,8-10H,2-4,7H2,1H3. The summed E-state index contributed by atoms with van der Waals surface area (Å²) in [6, 6.07) is 0.695. The Balaban J connectivity index is 2.24. The normalized spacial score (nSPS) is 30.0. The van der Waals surface area contributed by atoms with Gasteiger partial charge in [0.15, 0.2) is 0 Å². The van der Waals surface area contributed by atoms with Crippen LogP contribution in [0.25, 0.3) is 0 Å². The Morgan fingerprint density at radius 1 is 1.70 bits per heavy atom. The van der Waals surface area contributed by atoms with Gasteiger partial charge < -0.3 is 5.73 Å². The Morgan fingerprint density at radius 3 is 3.00 bits per heavy atom. The van der Waals surface area contributed by atoms with Gasteiger partial charge in [-0.1, -0.05) is 6.92 Å². The van der Waals surface area contributed by atoms with Crippen molar-refractivity contribution < 1.29 is 0 Å². The Labute approximate surface area is 61.5 Å². The van der Waals surface area contributed by atoms with Crippen LogP contribution in [0.2, 0.25) is 0 Å². The molecule has 0 aromatic carbocycles. The fraction of sp³-hybridized carbons (Fsp3) is 1.00. The van der Waals surface area contributed by atoms with Crippen LogP contribution in [-0.4, -0.2) is 18.6 Å². The zero-order valence-corrected chi connectivity index (χ0v) is 6.35. The topological polar surface area (TPSA) is 62.1 Å². The maximum atomic E-state index is 5.82. The van der Waals surface area contributed by atoms with E-state index in [4.69, 9.17) is 5.73 Å². The first-order chi connectivity index (χ1) is 4.84. The summed E-state index contributed by atoms with van der Waals surface area (Å²) in [4.78, 5) is 0. The Morgan fingerprint density at radius 2 is 2.50 bits per heavy atom. The fourth-order valence-corrected chi connectivity index (χ4v) is 1.11. The van der Waals surface area contributed by atoms with Gasteiger partial charge in [0, 0.05) is 18.6 Å². The molecular formula is C6H16N4. The van der Waals surface area contributed by atoms with Crippen LogP contribution in [-0.2, 0) is 0 Å². The van der Waals surface area contributed by atoms with Crippen LogP contribution in [0.15, 0.2) is 0 Å². The van der Waals surface area contributed by atoms with Crippen LogP contribution in [0.4, 0.5) is 0 Å². The number of hydrazine groups is 2. The largest absolute Gasteiger partial charge is 0.326 e. The third-order valence-corrected chi connectivity index (χ3v) is 1.91. The average molecular weight is 144 g/mol. The lowest BCUT2D eigenvalue weighted by molar-refractivity contribution is 0.262. The average Bonchev–Trinajstić information content (AvgIpc) is 2.05. The van der Waals surface area contributed by atoms with Crippen LogP contribution in [0.1, 0.15) is 19.8 Å². The highest BCUT2D eigenvalue weighted by Gasteiger charge is 2.17. The maximum absolute atomic E-state index is 5.82. The van der Waals surface area contributed by atoms with Gasteiger partial charge in [-0.3, -0.25) is 0 Å². The molecule has 0 bridgehead atoms. The van der Waals surface area contributed by atoms with Gasteiger partial charge in [0.2, 0.25) is 0 Å². The highest BCUT2D eigenvalue weighted by molar-refractivity contribution is 4.78. The van der Waals surface area contributed by atoms with Gasteiger partial charge >= 0.3 is 0 Å². The summed E-state index contributed by atoms with van der Waals surface area (Å²) in [5.41, 5.74) is 14.7. The number of rotatable bonds is 2. The minimum Gasteiger partial charge on any atom is -0.326 e. The van der Waals surface area contributed by atoms with Crippen LogP contribution in [0, 0.1) is 0 Å². The molecule has 5 N–H and O–H groups in total. The van der Waals surface area contributed by atoms with Crippen molar-refractivity contribution in [2.75, 3.05) is 6.54 Å². The van der Waals surface area contributed by atoms with Gasteiger partial charge in [0.05, 0.1) is 0 Å². The number of nitrogens with two attached hydrogens (primary N) is 1. The van der Waals surface area contributed by atoms with Crippen molar-refractivity contribution in [2.24, 2.45) is 5.73 Å². The van der Waals surface area contributed by atoms with E-state index in [2.05, 4.69) is 23.3 Å². The molecule has 10 heavy (non-hydrogen) atoms. The quantitative estimate of drug-likeness (QED) is 0.405. The molecule has 2 atom stereocenters. The lowest BCUT2D eigenvalue weighted by Crippen LogP contribution is -2.60. The molecule has 0 aliphatic carbocycles. The third kappa shape index (κ3) is 1.91. The first-order valence-electron chi connectivity index (χ1n) is 3.83. The molecule has 0 saturated carbocycles. The van der Waals surface area contributed by atoms with Crippen molar-refractivity contribution in [3.63, 3.8) is 0 Å². The van der Waals surface area contributed by atoms with E-state index in [1.54, 1.807) is 0 Å². The van der Waals surface area contributed by atoms with E-state index in [-0.39, 0.29) is 6.04 Å². The molecule has 2 unspecified atom stereocenters. The molecule has 0 aromatic rings. The summed E-state index contributed by atoms with van der Waals surface area (Å²) in [6.07, 6.45) is 2.13. The van der Waals surface area contributed by atoms with Crippen LogP contribution < -0.4 is 22.1 Å². The summed E-state index contributed by atoms with van der Waals surface area (Å²) >= 11 is 0. The van der Waals surface area contributed by atoms with E-state index in [0.29, 0.717) is 6.04 Å². The highest BCUT2D eigenvalue weighted by Crippen LogP contribution is 2.00. The molecule has 60 valence electrons. The molecular weight excluding hydrogens is 128 g/mol. The molecule has 1 rings (SSSR count). The fourth-order valence-electron chi connectivity index (χ4n) is 1.11. The minimum atomic E-state index is 0.273. The molecule has 1 aliphatic heterocycles. The summed E-state index contributed by atoms with van der Waals surface area (Å²) < 4.78 is 0. The monoisotopic (exact) mass is 144 g/mol. The smallest absolute Gasteiger partial charge is 0.0389 e. The molecule has 1 saturated heterocycles. The predicted molar refractivity (Wildman–Crippen MR) is 40.9 cm³/mol. The minimum absolute atomic E-state index is 0.273. The molecule has 4 nitrogen and oxygen atoms in total. The van der Waals surface area contributed by atoms with Gasteiger partial charge in [0.25, 0.3) is 0 Å². The first-order valence-corrected chi connectivity index (χ1v) is 3.83. The summed E-state index contributed by atoms with van der Waals surface area (Å²) in [6.45, 7) is 3.10. The van der Waals surface area contributed by atoms with Crippen LogP contribution in [0.3, 0.4) is 0 Å². The molecule has 1 fully saturated rings. The van der Waals surface area contributed by atoms with E-state index in [0.717, 1.165) is 19.4 Å². The lowest BCUT2D eigenvalue weighted by Gasteiger charge is -2.28. The molecule has 0 amide bonds.